The number of aromatic hydroxyl groups is 3. The molecule has 1 aromatic carbocycles. The van der Waals surface area contributed by atoms with Crippen molar-refractivity contribution < 1.29 is 19.7 Å². The van der Waals surface area contributed by atoms with E-state index in [2.05, 4.69) is 0 Å². The third-order valence-corrected chi connectivity index (χ3v) is 2.10. The van der Waals surface area contributed by atoms with E-state index in [1.165, 1.54) is 13.0 Å². The third kappa shape index (κ3) is 2.18. The van der Waals surface area contributed by atoms with Crippen molar-refractivity contribution in [2.24, 2.45) is 0 Å². The quantitative estimate of drug-likeness (QED) is 0.654. The minimum absolute atomic E-state index is 0.0350. The fourth-order valence-electron chi connectivity index (χ4n) is 1.39. The van der Waals surface area contributed by atoms with Crippen molar-refractivity contribution in [1.29, 1.82) is 0 Å². The van der Waals surface area contributed by atoms with Gasteiger partial charge >= 0.3 is 0 Å². The molecule has 3 N–H and O–H groups in total. The van der Waals surface area contributed by atoms with Crippen LogP contribution < -0.4 is 5.43 Å². The Balaban J connectivity index is 0.000000686. The van der Waals surface area contributed by atoms with Crippen molar-refractivity contribution in [2.75, 3.05) is 0 Å². The predicted molar refractivity (Wildman–Crippen MR) is 63.6 cm³/mol. The second-order valence-corrected chi connectivity index (χ2v) is 3.17. The molecule has 2 aromatic rings. The van der Waals surface area contributed by atoms with Crippen LogP contribution in [0.5, 0.6) is 17.2 Å². The first-order valence-electron chi connectivity index (χ1n) is 5.19. The Labute approximate surface area is 97.6 Å². The van der Waals surface area contributed by atoms with Gasteiger partial charge in [0.05, 0.1) is 0 Å². The van der Waals surface area contributed by atoms with Crippen molar-refractivity contribution in [3.63, 3.8) is 0 Å². The summed E-state index contributed by atoms with van der Waals surface area (Å²) in [7, 11) is 0. The van der Waals surface area contributed by atoms with E-state index in [1.807, 2.05) is 13.8 Å². The lowest BCUT2D eigenvalue weighted by Crippen LogP contribution is -2.02. The number of fused-ring (bicyclic) bond motifs is 1. The summed E-state index contributed by atoms with van der Waals surface area (Å²) in [6.45, 7) is 5.41. The standard InChI is InChI=1S/C10H8O5.C2H6/c1-4-9(13)10(14)8-6(12)2-5(11)3-7(8)15-4;1-2/h2-3,11-13H,1H3;1-2H3. The molecule has 0 amide bonds. The van der Waals surface area contributed by atoms with Crippen LogP contribution in [0.25, 0.3) is 11.0 Å². The third-order valence-electron chi connectivity index (χ3n) is 2.10. The fourth-order valence-corrected chi connectivity index (χ4v) is 1.39. The van der Waals surface area contributed by atoms with Gasteiger partial charge in [-0.05, 0) is 6.92 Å². The number of phenolic OH excluding ortho intramolecular Hbond substituents is 2. The Kier molecular flexibility index (Phi) is 3.62. The van der Waals surface area contributed by atoms with Gasteiger partial charge in [-0.25, -0.2) is 0 Å². The average molecular weight is 238 g/mol. The normalized spacial score (nSPS) is 9.82. The summed E-state index contributed by atoms with van der Waals surface area (Å²) in [6, 6.07) is 2.21. The van der Waals surface area contributed by atoms with Crippen molar-refractivity contribution in [3.05, 3.63) is 28.1 Å². The van der Waals surface area contributed by atoms with Crippen LogP contribution in [-0.2, 0) is 0 Å². The number of hydrogen-bond acceptors (Lipinski definition) is 5. The van der Waals surface area contributed by atoms with Gasteiger partial charge in [-0.3, -0.25) is 4.79 Å². The zero-order valence-corrected chi connectivity index (χ0v) is 9.81. The highest BCUT2D eigenvalue weighted by Gasteiger charge is 2.14. The van der Waals surface area contributed by atoms with E-state index in [4.69, 9.17) is 4.42 Å². The van der Waals surface area contributed by atoms with Crippen molar-refractivity contribution in [2.45, 2.75) is 20.8 Å². The van der Waals surface area contributed by atoms with E-state index in [0.29, 0.717) is 0 Å². The zero-order chi connectivity index (χ0) is 13.2. The summed E-state index contributed by atoms with van der Waals surface area (Å²) in [5, 5.41) is 27.8. The molecule has 0 bridgehead atoms. The van der Waals surface area contributed by atoms with Crippen molar-refractivity contribution >= 4 is 11.0 Å². The minimum Gasteiger partial charge on any atom is -0.508 e. The van der Waals surface area contributed by atoms with Crippen LogP contribution in [0.2, 0.25) is 0 Å². The molecule has 5 nitrogen and oxygen atoms in total. The molecular weight excluding hydrogens is 224 g/mol. The summed E-state index contributed by atoms with van der Waals surface area (Å²) in [4.78, 5) is 11.5. The van der Waals surface area contributed by atoms with E-state index in [-0.39, 0.29) is 22.5 Å². The number of benzene rings is 1. The Bertz CT molecular complexity index is 598. The van der Waals surface area contributed by atoms with Crippen LogP contribution in [0.3, 0.4) is 0 Å². The van der Waals surface area contributed by atoms with Gasteiger partial charge in [0.2, 0.25) is 11.2 Å². The fraction of sp³-hybridized carbons (Fsp3) is 0.250. The lowest BCUT2D eigenvalue weighted by molar-refractivity contribution is 0.421. The maximum absolute atomic E-state index is 11.5. The molecule has 2 rings (SSSR count). The monoisotopic (exact) mass is 238 g/mol. The highest BCUT2D eigenvalue weighted by atomic mass is 16.4. The molecule has 17 heavy (non-hydrogen) atoms. The van der Waals surface area contributed by atoms with E-state index in [1.54, 1.807) is 0 Å². The Morgan fingerprint density at radius 2 is 1.71 bits per heavy atom. The average Bonchev–Trinajstić information content (AvgIpc) is 2.27. The molecule has 0 fully saturated rings. The predicted octanol–water partition coefficient (Wildman–Crippen LogP) is 2.24. The van der Waals surface area contributed by atoms with Gasteiger partial charge in [-0.1, -0.05) is 13.8 Å². The second-order valence-electron chi connectivity index (χ2n) is 3.17. The Morgan fingerprint density at radius 3 is 2.29 bits per heavy atom. The van der Waals surface area contributed by atoms with Gasteiger partial charge in [0.1, 0.15) is 28.2 Å². The van der Waals surface area contributed by atoms with Crippen LogP contribution in [0, 0.1) is 6.92 Å². The maximum Gasteiger partial charge on any atom is 0.238 e. The highest BCUT2D eigenvalue weighted by Crippen LogP contribution is 2.29. The van der Waals surface area contributed by atoms with Gasteiger partial charge in [0.15, 0.2) is 0 Å². The van der Waals surface area contributed by atoms with Gasteiger partial charge in [0.25, 0.3) is 0 Å². The van der Waals surface area contributed by atoms with Crippen LogP contribution >= 0.6 is 0 Å². The topological polar surface area (TPSA) is 90.9 Å². The molecule has 0 aliphatic carbocycles. The zero-order valence-electron chi connectivity index (χ0n) is 9.81. The maximum atomic E-state index is 11.5. The van der Waals surface area contributed by atoms with Crippen LogP contribution in [0.4, 0.5) is 0 Å². The molecule has 0 saturated carbocycles. The number of phenols is 2. The molecule has 0 spiro atoms. The first kappa shape index (κ1) is 12.9. The summed E-state index contributed by atoms with van der Waals surface area (Å²) in [6.07, 6.45) is 0. The van der Waals surface area contributed by atoms with Crippen LogP contribution in [-0.4, -0.2) is 15.3 Å². The van der Waals surface area contributed by atoms with E-state index >= 15 is 0 Å². The summed E-state index contributed by atoms with van der Waals surface area (Å²) in [5.74, 6) is -1.14. The number of aryl methyl sites for hydroxylation is 1. The van der Waals surface area contributed by atoms with E-state index < -0.39 is 16.9 Å². The Hall–Kier alpha value is -2.17. The lowest BCUT2D eigenvalue weighted by Gasteiger charge is -2.03. The molecule has 5 heteroatoms. The van der Waals surface area contributed by atoms with Gasteiger partial charge < -0.3 is 19.7 Å². The molecule has 0 radical (unpaired) electrons. The molecule has 0 aliphatic heterocycles. The molecule has 1 heterocycles. The SMILES string of the molecule is CC.Cc1oc2cc(O)cc(O)c2c(=O)c1O. The van der Waals surface area contributed by atoms with Crippen LogP contribution in [0.15, 0.2) is 21.3 Å². The smallest absolute Gasteiger partial charge is 0.238 e. The molecule has 92 valence electrons. The molecular formula is C12H14O5. The largest absolute Gasteiger partial charge is 0.508 e. The first-order valence-corrected chi connectivity index (χ1v) is 5.19. The summed E-state index contributed by atoms with van der Waals surface area (Å²) in [5.41, 5.74) is -0.681. The van der Waals surface area contributed by atoms with Gasteiger partial charge in [-0.15, -0.1) is 0 Å². The molecule has 0 atom stereocenters. The van der Waals surface area contributed by atoms with Crippen molar-refractivity contribution in [1.82, 2.24) is 0 Å². The molecule has 0 unspecified atom stereocenters. The molecule has 0 saturated heterocycles. The number of rotatable bonds is 0. The van der Waals surface area contributed by atoms with Crippen LogP contribution in [0.1, 0.15) is 19.6 Å². The number of hydrogen-bond donors (Lipinski definition) is 3. The molecule has 1 aromatic heterocycles. The second kappa shape index (κ2) is 4.78. The summed E-state index contributed by atoms with van der Waals surface area (Å²) >= 11 is 0. The van der Waals surface area contributed by atoms with E-state index in [9.17, 15) is 20.1 Å². The highest BCUT2D eigenvalue weighted by molar-refractivity contribution is 5.85. The van der Waals surface area contributed by atoms with Gasteiger partial charge in [0, 0.05) is 12.1 Å². The minimum atomic E-state index is -0.716. The Morgan fingerprint density at radius 1 is 1.12 bits per heavy atom. The first-order chi connectivity index (χ1) is 8.00. The molecule has 0 aliphatic rings. The van der Waals surface area contributed by atoms with Crippen molar-refractivity contribution in [3.8, 4) is 17.2 Å². The lowest BCUT2D eigenvalue weighted by atomic mass is 10.2. The van der Waals surface area contributed by atoms with Gasteiger partial charge in [-0.2, -0.15) is 0 Å². The van der Waals surface area contributed by atoms with E-state index in [0.717, 1.165) is 6.07 Å². The summed E-state index contributed by atoms with van der Waals surface area (Å²) < 4.78 is 5.06.